The highest BCUT2D eigenvalue weighted by molar-refractivity contribution is 6.10. The van der Waals surface area contributed by atoms with E-state index in [1.165, 1.54) is 0 Å². The molecule has 74 valence electrons. The van der Waals surface area contributed by atoms with Crippen LogP contribution in [0.2, 0.25) is 0 Å². The van der Waals surface area contributed by atoms with E-state index in [1.54, 1.807) is 6.21 Å². The zero-order valence-electron chi connectivity index (χ0n) is 7.95. The molecule has 4 nitrogen and oxygen atoms in total. The molecule has 0 fully saturated rings. The Morgan fingerprint density at radius 1 is 1.27 bits per heavy atom. The minimum atomic E-state index is -0.0706. The number of benzene rings is 1. The Kier molecular flexibility index (Phi) is 1.62. The fourth-order valence-electron chi connectivity index (χ4n) is 1.80. The molecule has 0 aliphatic carbocycles. The number of nitrogens with zero attached hydrogens (tertiary/aromatic N) is 1. The van der Waals surface area contributed by atoms with Crippen molar-refractivity contribution in [3.05, 3.63) is 30.0 Å². The van der Waals surface area contributed by atoms with E-state index in [0.717, 1.165) is 22.2 Å². The average molecular weight is 199 g/mol. The van der Waals surface area contributed by atoms with Crippen molar-refractivity contribution in [3.8, 4) is 0 Å². The third-order valence-corrected chi connectivity index (χ3v) is 2.50. The predicted octanol–water partition coefficient (Wildman–Crippen LogP) is 1.54. The molecule has 0 radical (unpaired) electrons. The number of nitrogens with one attached hydrogen (secondary N) is 2. The monoisotopic (exact) mass is 199 g/mol. The minimum absolute atomic E-state index is 0.0706. The van der Waals surface area contributed by atoms with Crippen LogP contribution in [0, 0.1) is 0 Å². The van der Waals surface area contributed by atoms with E-state index < -0.39 is 0 Å². The maximum Gasteiger partial charge on any atom is 0.246 e. The molecule has 1 aliphatic heterocycles. The lowest BCUT2D eigenvalue weighted by molar-refractivity contribution is -0.114. The van der Waals surface area contributed by atoms with Gasteiger partial charge < -0.3 is 10.3 Å². The normalized spacial score (nSPS) is 14.8. The summed E-state index contributed by atoms with van der Waals surface area (Å²) in [6.45, 7) is 0.195. The van der Waals surface area contributed by atoms with Gasteiger partial charge in [0.25, 0.3) is 0 Å². The molecule has 0 bridgehead atoms. The van der Waals surface area contributed by atoms with Crippen LogP contribution in [0.25, 0.3) is 10.9 Å². The molecule has 4 heteroatoms. The number of aliphatic imine (C=N–C) groups is 1. The van der Waals surface area contributed by atoms with Gasteiger partial charge in [-0.1, -0.05) is 0 Å². The van der Waals surface area contributed by atoms with Crippen molar-refractivity contribution in [2.75, 3.05) is 11.9 Å². The number of hydrogen-bond donors (Lipinski definition) is 2. The third kappa shape index (κ3) is 1.22. The first-order valence-corrected chi connectivity index (χ1v) is 4.74. The topological polar surface area (TPSA) is 57.2 Å². The van der Waals surface area contributed by atoms with Crippen LogP contribution >= 0.6 is 0 Å². The first-order valence-electron chi connectivity index (χ1n) is 4.74. The van der Waals surface area contributed by atoms with Crippen LogP contribution in [0.15, 0.2) is 29.4 Å². The predicted molar refractivity (Wildman–Crippen MR) is 59.4 cm³/mol. The largest absolute Gasteiger partial charge is 0.361 e. The third-order valence-electron chi connectivity index (χ3n) is 2.50. The first kappa shape index (κ1) is 8.23. The molecular weight excluding hydrogens is 190 g/mol. The second-order valence-corrected chi connectivity index (χ2v) is 3.49. The molecule has 0 atom stereocenters. The summed E-state index contributed by atoms with van der Waals surface area (Å²) < 4.78 is 0. The molecule has 2 N–H and O–H groups in total. The van der Waals surface area contributed by atoms with Gasteiger partial charge in [-0.15, -0.1) is 0 Å². The molecule has 2 heterocycles. The summed E-state index contributed by atoms with van der Waals surface area (Å²) in [7, 11) is 0. The Balaban J connectivity index is 2.32. The summed E-state index contributed by atoms with van der Waals surface area (Å²) in [4.78, 5) is 18.5. The molecule has 3 rings (SSSR count). The van der Waals surface area contributed by atoms with Crippen LogP contribution in [0.4, 0.5) is 5.69 Å². The lowest BCUT2D eigenvalue weighted by Gasteiger charge is -2.06. The highest BCUT2D eigenvalue weighted by atomic mass is 16.1. The van der Waals surface area contributed by atoms with Gasteiger partial charge >= 0.3 is 0 Å². The fraction of sp³-hybridized carbons (Fsp3) is 0.0909. The Morgan fingerprint density at radius 3 is 3.13 bits per heavy atom. The van der Waals surface area contributed by atoms with Crippen LogP contribution in [0.3, 0.4) is 0 Å². The van der Waals surface area contributed by atoms with Gasteiger partial charge in [-0.25, -0.2) is 0 Å². The number of carbonyl (C=O) groups is 1. The molecule has 0 saturated heterocycles. The van der Waals surface area contributed by atoms with Crippen LogP contribution in [0.5, 0.6) is 0 Å². The van der Waals surface area contributed by atoms with Gasteiger partial charge in [0.2, 0.25) is 5.91 Å². The maximum atomic E-state index is 11.4. The lowest BCUT2D eigenvalue weighted by atomic mass is 10.1. The molecule has 1 aliphatic rings. The average Bonchev–Trinajstić information content (AvgIpc) is 2.61. The van der Waals surface area contributed by atoms with Crippen LogP contribution in [-0.2, 0) is 4.79 Å². The molecule has 0 spiro atoms. The van der Waals surface area contributed by atoms with E-state index >= 15 is 0 Å². The van der Waals surface area contributed by atoms with Crippen molar-refractivity contribution in [3.63, 3.8) is 0 Å². The number of aromatic amines is 1. The van der Waals surface area contributed by atoms with Gasteiger partial charge in [0.1, 0.15) is 6.54 Å². The van der Waals surface area contributed by atoms with E-state index in [0.29, 0.717) is 0 Å². The number of H-pyrrole nitrogens is 1. The van der Waals surface area contributed by atoms with Gasteiger partial charge in [-0.2, -0.15) is 0 Å². The van der Waals surface area contributed by atoms with Gasteiger partial charge in [-0.05, 0) is 18.2 Å². The van der Waals surface area contributed by atoms with Crippen LogP contribution in [0.1, 0.15) is 5.56 Å². The standard InChI is InChI=1S/C11H9N3O/c15-10-6-12-5-7-1-2-9-8(3-4-13-9)11(7)14-10/h1-5,13H,6H2,(H,14,15). The van der Waals surface area contributed by atoms with Crippen molar-refractivity contribution >= 4 is 28.7 Å². The van der Waals surface area contributed by atoms with Crippen molar-refractivity contribution in [2.24, 2.45) is 4.99 Å². The van der Waals surface area contributed by atoms with Gasteiger partial charge in [0.05, 0.1) is 5.69 Å². The van der Waals surface area contributed by atoms with E-state index in [2.05, 4.69) is 15.3 Å². The second kappa shape index (κ2) is 2.95. The van der Waals surface area contributed by atoms with Gasteiger partial charge in [-0.3, -0.25) is 9.79 Å². The van der Waals surface area contributed by atoms with Crippen molar-refractivity contribution < 1.29 is 4.79 Å². The number of rotatable bonds is 0. The Labute approximate surface area is 86.0 Å². The van der Waals surface area contributed by atoms with Crippen LogP contribution in [-0.4, -0.2) is 23.7 Å². The Hall–Kier alpha value is -2.10. The molecule has 0 unspecified atom stereocenters. The first-order chi connectivity index (χ1) is 7.34. The summed E-state index contributed by atoms with van der Waals surface area (Å²) in [5, 5.41) is 3.89. The molecular formula is C11H9N3O. The van der Waals surface area contributed by atoms with E-state index in [-0.39, 0.29) is 12.5 Å². The molecule has 1 aromatic carbocycles. The van der Waals surface area contributed by atoms with Gasteiger partial charge in [0, 0.05) is 28.9 Å². The fourth-order valence-corrected chi connectivity index (χ4v) is 1.80. The molecule has 15 heavy (non-hydrogen) atoms. The molecule has 2 aromatic rings. The Morgan fingerprint density at radius 2 is 2.20 bits per heavy atom. The van der Waals surface area contributed by atoms with E-state index in [1.807, 2.05) is 24.4 Å². The second-order valence-electron chi connectivity index (χ2n) is 3.49. The summed E-state index contributed by atoms with van der Waals surface area (Å²) in [5.41, 5.74) is 2.82. The molecule has 1 aromatic heterocycles. The molecule has 0 saturated carbocycles. The zero-order valence-corrected chi connectivity index (χ0v) is 7.95. The van der Waals surface area contributed by atoms with Crippen LogP contribution < -0.4 is 5.32 Å². The zero-order chi connectivity index (χ0) is 10.3. The number of anilines is 1. The van der Waals surface area contributed by atoms with E-state index in [9.17, 15) is 4.79 Å². The quantitative estimate of drug-likeness (QED) is 0.664. The summed E-state index contributed by atoms with van der Waals surface area (Å²) in [6, 6.07) is 5.88. The van der Waals surface area contributed by atoms with Gasteiger partial charge in [0.15, 0.2) is 0 Å². The highest BCUT2D eigenvalue weighted by Crippen LogP contribution is 2.26. The number of hydrogen-bond acceptors (Lipinski definition) is 2. The van der Waals surface area contributed by atoms with E-state index in [4.69, 9.17) is 0 Å². The Bertz CT molecular complexity index is 568. The number of aromatic nitrogens is 1. The number of fused-ring (bicyclic) bond motifs is 3. The smallest absolute Gasteiger partial charge is 0.246 e. The van der Waals surface area contributed by atoms with Crippen molar-refractivity contribution in [1.29, 1.82) is 0 Å². The van der Waals surface area contributed by atoms with Crippen molar-refractivity contribution in [1.82, 2.24) is 4.98 Å². The highest BCUT2D eigenvalue weighted by Gasteiger charge is 2.12. The maximum absolute atomic E-state index is 11.4. The van der Waals surface area contributed by atoms with Crippen molar-refractivity contribution in [2.45, 2.75) is 0 Å². The summed E-state index contributed by atoms with van der Waals surface area (Å²) >= 11 is 0. The SMILES string of the molecule is O=C1CN=Cc2ccc3[nH]ccc3c2N1. The number of carbonyl (C=O) groups excluding carboxylic acids is 1. The summed E-state index contributed by atoms with van der Waals surface area (Å²) in [5.74, 6) is -0.0706. The number of amides is 1. The summed E-state index contributed by atoms with van der Waals surface area (Å²) in [6.07, 6.45) is 3.60. The minimum Gasteiger partial charge on any atom is -0.361 e. The lowest BCUT2D eigenvalue weighted by Crippen LogP contribution is -2.13. The molecule has 1 amide bonds.